The van der Waals surface area contributed by atoms with Crippen LogP contribution in [0.3, 0.4) is 0 Å². The van der Waals surface area contributed by atoms with Crippen molar-refractivity contribution in [2.75, 3.05) is 20.2 Å². The van der Waals surface area contributed by atoms with E-state index in [1.807, 2.05) is 18.2 Å². The zero-order valence-corrected chi connectivity index (χ0v) is 14.2. The highest BCUT2D eigenvalue weighted by Gasteiger charge is 2.18. The van der Waals surface area contributed by atoms with Gasteiger partial charge in [-0.15, -0.1) is 0 Å². The Kier molecular flexibility index (Phi) is 6.84. The molecule has 0 atom stereocenters. The number of halogens is 1. The third-order valence-electron chi connectivity index (χ3n) is 3.47. The topological polar surface area (TPSA) is 21.3 Å². The van der Waals surface area contributed by atoms with Gasteiger partial charge in [-0.1, -0.05) is 39.3 Å². The molecule has 1 rings (SSSR count). The first-order valence-corrected chi connectivity index (χ1v) is 7.75. The van der Waals surface area contributed by atoms with Crippen molar-refractivity contribution in [1.82, 2.24) is 5.32 Å². The van der Waals surface area contributed by atoms with E-state index in [-0.39, 0.29) is 5.41 Å². The second-order valence-electron chi connectivity index (χ2n) is 6.65. The van der Waals surface area contributed by atoms with E-state index in [1.54, 1.807) is 7.11 Å². The van der Waals surface area contributed by atoms with Crippen molar-refractivity contribution in [3.05, 3.63) is 28.8 Å². The molecule has 0 heterocycles. The predicted molar refractivity (Wildman–Crippen MR) is 87.8 cm³/mol. The fraction of sp³-hybridized carbons (Fsp3) is 0.647. The molecule has 0 aliphatic rings. The minimum absolute atomic E-state index is 0.266. The molecule has 0 aromatic heterocycles. The molecule has 0 aliphatic carbocycles. The summed E-state index contributed by atoms with van der Waals surface area (Å²) in [5.41, 5.74) is 1.46. The first-order chi connectivity index (χ1) is 9.34. The lowest BCUT2D eigenvalue weighted by atomic mass is 9.86. The van der Waals surface area contributed by atoms with Crippen molar-refractivity contribution in [2.45, 2.75) is 40.5 Å². The minimum atomic E-state index is 0.266. The van der Waals surface area contributed by atoms with Crippen LogP contribution in [0.1, 0.15) is 39.7 Å². The molecule has 0 bridgehead atoms. The molecule has 0 radical (unpaired) electrons. The molecule has 0 amide bonds. The lowest BCUT2D eigenvalue weighted by molar-refractivity contribution is 0.306. The predicted octanol–water partition coefficient (Wildman–Crippen LogP) is 4.55. The van der Waals surface area contributed by atoms with E-state index in [2.05, 4.69) is 33.0 Å². The average molecular weight is 298 g/mol. The van der Waals surface area contributed by atoms with Crippen LogP contribution in [0.4, 0.5) is 0 Å². The Labute approximate surface area is 128 Å². The summed E-state index contributed by atoms with van der Waals surface area (Å²) in [6, 6.07) is 5.83. The zero-order chi connectivity index (χ0) is 15.2. The van der Waals surface area contributed by atoms with E-state index in [1.165, 1.54) is 5.56 Å². The highest BCUT2D eigenvalue weighted by atomic mass is 35.5. The molecule has 0 saturated carbocycles. The quantitative estimate of drug-likeness (QED) is 0.760. The number of nitrogens with one attached hydrogen (secondary N) is 1. The Morgan fingerprint density at radius 2 is 2.00 bits per heavy atom. The standard InChI is InChI=1S/C17H28ClNO/c1-13(2)11-19-12-17(3,4)9-8-14-10-15(18)6-7-16(14)20-5/h6-7,10,13,19H,8-9,11-12H2,1-5H3. The SMILES string of the molecule is COc1ccc(Cl)cc1CCC(C)(C)CNCC(C)C. The molecule has 0 aliphatic heterocycles. The minimum Gasteiger partial charge on any atom is -0.496 e. The lowest BCUT2D eigenvalue weighted by Crippen LogP contribution is -2.32. The van der Waals surface area contributed by atoms with Crippen LogP contribution in [0.5, 0.6) is 5.75 Å². The van der Waals surface area contributed by atoms with Crippen LogP contribution in [0.2, 0.25) is 5.02 Å². The summed E-state index contributed by atoms with van der Waals surface area (Å²) in [5.74, 6) is 1.62. The number of aryl methyl sites for hydroxylation is 1. The molecule has 0 unspecified atom stereocenters. The first kappa shape index (κ1) is 17.3. The summed E-state index contributed by atoms with van der Waals surface area (Å²) in [5, 5.41) is 4.32. The Bertz CT molecular complexity index is 415. The molecule has 1 aromatic rings. The summed E-state index contributed by atoms with van der Waals surface area (Å²) in [6.07, 6.45) is 2.09. The van der Waals surface area contributed by atoms with Crippen LogP contribution in [-0.4, -0.2) is 20.2 Å². The summed E-state index contributed by atoms with van der Waals surface area (Å²) in [7, 11) is 1.71. The number of ether oxygens (including phenoxy) is 1. The fourth-order valence-electron chi connectivity index (χ4n) is 2.20. The average Bonchev–Trinajstić information content (AvgIpc) is 2.36. The van der Waals surface area contributed by atoms with Crippen molar-refractivity contribution in [1.29, 1.82) is 0 Å². The summed E-state index contributed by atoms with van der Waals surface area (Å²) in [4.78, 5) is 0. The van der Waals surface area contributed by atoms with Gasteiger partial charge in [0.1, 0.15) is 5.75 Å². The maximum absolute atomic E-state index is 6.07. The van der Waals surface area contributed by atoms with Gasteiger partial charge in [0.2, 0.25) is 0 Å². The molecule has 0 spiro atoms. The van der Waals surface area contributed by atoms with Gasteiger partial charge in [-0.05, 0) is 54.5 Å². The summed E-state index contributed by atoms with van der Waals surface area (Å²) < 4.78 is 5.40. The van der Waals surface area contributed by atoms with Gasteiger partial charge in [-0.3, -0.25) is 0 Å². The third-order valence-corrected chi connectivity index (χ3v) is 3.70. The number of methoxy groups -OCH3 is 1. The molecular formula is C17H28ClNO. The maximum Gasteiger partial charge on any atom is 0.122 e. The molecule has 20 heavy (non-hydrogen) atoms. The highest BCUT2D eigenvalue weighted by molar-refractivity contribution is 6.30. The maximum atomic E-state index is 6.07. The molecule has 0 fully saturated rings. The van der Waals surface area contributed by atoms with E-state index in [0.29, 0.717) is 5.92 Å². The van der Waals surface area contributed by atoms with Crippen LogP contribution in [0, 0.1) is 11.3 Å². The van der Waals surface area contributed by atoms with Gasteiger partial charge in [0.05, 0.1) is 7.11 Å². The zero-order valence-electron chi connectivity index (χ0n) is 13.4. The first-order valence-electron chi connectivity index (χ1n) is 7.37. The van der Waals surface area contributed by atoms with Crippen molar-refractivity contribution in [3.63, 3.8) is 0 Å². The van der Waals surface area contributed by atoms with Crippen molar-refractivity contribution in [2.24, 2.45) is 11.3 Å². The van der Waals surface area contributed by atoms with E-state index in [4.69, 9.17) is 16.3 Å². The number of benzene rings is 1. The summed E-state index contributed by atoms with van der Waals surface area (Å²) in [6.45, 7) is 11.2. The number of hydrogen-bond acceptors (Lipinski definition) is 2. The van der Waals surface area contributed by atoms with E-state index >= 15 is 0 Å². The van der Waals surface area contributed by atoms with Crippen molar-refractivity contribution < 1.29 is 4.74 Å². The van der Waals surface area contributed by atoms with Gasteiger partial charge in [-0.2, -0.15) is 0 Å². The fourth-order valence-corrected chi connectivity index (χ4v) is 2.40. The van der Waals surface area contributed by atoms with Gasteiger partial charge >= 0.3 is 0 Å². The Morgan fingerprint density at radius 3 is 2.60 bits per heavy atom. The lowest BCUT2D eigenvalue weighted by Gasteiger charge is -2.26. The smallest absolute Gasteiger partial charge is 0.122 e. The highest BCUT2D eigenvalue weighted by Crippen LogP contribution is 2.28. The molecular weight excluding hydrogens is 270 g/mol. The molecule has 1 aromatic carbocycles. The van der Waals surface area contributed by atoms with Crippen LogP contribution in [0.25, 0.3) is 0 Å². The van der Waals surface area contributed by atoms with Crippen LogP contribution >= 0.6 is 11.6 Å². The number of rotatable bonds is 8. The van der Waals surface area contributed by atoms with E-state index in [9.17, 15) is 0 Å². The third kappa shape index (κ3) is 6.15. The Balaban J connectivity index is 2.54. The molecule has 114 valence electrons. The van der Waals surface area contributed by atoms with Gasteiger partial charge < -0.3 is 10.1 Å². The van der Waals surface area contributed by atoms with Crippen LogP contribution in [-0.2, 0) is 6.42 Å². The second-order valence-corrected chi connectivity index (χ2v) is 7.08. The van der Waals surface area contributed by atoms with Gasteiger partial charge in [0, 0.05) is 11.6 Å². The van der Waals surface area contributed by atoms with Crippen LogP contribution < -0.4 is 10.1 Å². The largest absolute Gasteiger partial charge is 0.496 e. The van der Waals surface area contributed by atoms with Gasteiger partial charge in [0.15, 0.2) is 0 Å². The summed E-state index contributed by atoms with van der Waals surface area (Å²) >= 11 is 6.07. The number of hydrogen-bond donors (Lipinski definition) is 1. The molecule has 2 nitrogen and oxygen atoms in total. The molecule has 1 N–H and O–H groups in total. The van der Waals surface area contributed by atoms with Crippen LogP contribution in [0.15, 0.2) is 18.2 Å². The normalized spacial score (nSPS) is 11.9. The Morgan fingerprint density at radius 1 is 1.30 bits per heavy atom. The van der Waals surface area contributed by atoms with Crippen molar-refractivity contribution >= 4 is 11.6 Å². The monoisotopic (exact) mass is 297 g/mol. The van der Waals surface area contributed by atoms with Gasteiger partial charge in [-0.25, -0.2) is 0 Å². The second kappa shape index (κ2) is 7.90. The van der Waals surface area contributed by atoms with Crippen molar-refractivity contribution in [3.8, 4) is 5.75 Å². The Hall–Kier alpha value is -0.730. The van der Waals surface area contributed by atoms with E-state index in [0.717, 1.165) is 36.7 Å². The molecule has 3 heteroatoms. The van der Waals surface area contributed by atoms with E-state index < -0.39 is 0 Å². The van der Waals surface area contributed by atoms with Gasteiger partial charge in [0.25, 0.3) is 0 Å². The molecule has 0 saturated heterocycles.